The van der Waals surface area contributed by atoms with Crippen LogP contribution in [0, 0.1) is 0 Å². The first-order valence-corrected chi connectivity index (χ1v) is 9.32. The number of nitrogens with zero attached hydrogens (tertiary/aromatic N) is 3. The van der Waals surface area contributed by atoms with Gasteiger partial charge in [0.25, 0.3) is 0 Å². The van der Waals surface area contributed by atoms with Crippen LogP contribution in [0.1, 0.15) is 24.2 Å². The van der Waals surface area contributed by atoms with E-state index in [1.54, 1.807) is 0 Å². The molecule has 0 aliphatic carbocycles. The molecule has 26 heavy (non-hydrogen) atoms. The number of aryl methyl sites for hydroxylation is 1. The van der Waals surface area contributed by atoms with Crippen LogP contribution in [0.4, 0.5) is 5.69 Å². The molecule has 1 aromatic heterocycles. The predicted octanol–water partition coefficient (Wildman–Crippen LogP) is 3.14. The van der Waals surface area contributed by atoms with Gasteiger partial charge in [-0.1, -0.05) is 24.3 Å². The number of fused-ring (bicyclic) bond motifs is 1. The Bertz CT molecular complexity index is 863. The van der Waals surface area contributed by atoms with Gasteiger partial charge >= 0.3 is 0 Å². The number of rotatable bonds is 5. The second kappa shape index (κ2) is 7.48. The number of likely N-dealkylation sites (tertiary alicyclic amines) is 1. The van der Waals surface area contributed by atoms with Crippen LogP contribution in [0.2, 0.25) is 0 Å². The van der Waals surface area contributed by atoms with Crippen molar-refractivity contribution >= 4 is 16.7 Å². The average Bonchev–Trinajstić information content (AvgIpc) is 2.99. The third kappa shape index (κ3) is 3.74. The van der Waals surface area contributed by atoms with E-state index in [-0.39, 0.29) is 6.10 Å². The van der Waals surface area contributed by atoms with E-state index in [1.807, 2.05) is 18.2 Å². The number of para-hydroxylation sites is 2. The number of anilines is 1. The Morgan fingerprint density at radius 1 is 1.08 bits per heavy atom. The number of aromatic nitrogens is 2. The summed E-state index contributed by atoms with van der Waals surface area (Å²) in [5.41, 5.74) is 4.62. The van der Waals surface area contributed by atoms with Crippen LogP contribution in [0.25, 0.3) is 11.0 Å². The topological polar surface area (TPSA) is 53.3 Å². The van der Waals surface area contributed by atoms with Gasteiger partial charge in [-0.3, -0.25) is 4.90 Å². The van der Waals surface area contributed by atoms with Gasteiger partial charge in [0.1, 0.15) is 5.82 Å². The molecule has 0 atom stereocenters. The second-order valence-corrected chi connectivity index (χ2v) is 7.13. The van der Waals surface area contributed by atoms with Crippen molar-refractivity contribution in [2.24, 2.45) is 7.05 Å². The Kier molecular flexibility index (Phi) is 4.91. The van der Waals surface area contributed by atoms with Crippen molar-refractivity contribution < 1.29 is 5.11 Å². The molecule has 0 unspecified atom stereocenters. The highest BCUT2D eigenvalue weighted by Crippen LogP contribution is 2.18. The lowest BCUT2D eigenvalue weighted by Gasteiger charge is -2.29. The van der Waals surface area contributed by atoms with Gasteiger partial charge in [0.2, 0.25) is 0 Å². The number of hydrogen-bond donors (Lipinski definition) is 2. The summed E-state index contributed by atoms with van der Waals surface area (Å²) in [7, 11) is 2.06. The summed E-state index contributed by atoms with van der Waals surface area (Å²) in [6.07, 6.45) is 1.66. The largest absolute Gasteiger partial charge is 0.393 e. The molecule has 0 spiro atoms. The number of nitrogens with one attached hydrogen (secondary N) is 1. The minimum absolute atomic E-state index is 0.111. The summed E-state index contributed by atoms with van der Waals surface area (Å²) in [4.78, 5) is 7.11. The van der Waals surface area contributed by atoms with Crippen molar-refractivity contribution in [3.05, 3.63) is 59.9 Å². The fourth-order valence-corrected chi connectivity index (χ4v) is 3.60. The Hall–Kier alpha value is -2.37. The van der Waals surface area contributed by atoms with Gasteiger partial charge < -0.3 is 15.0 Å². The third-order valence-electron chi connectivity index (χ3n) is 5.25. The molecular weight excluding hydrogens is 324 g/mol. The maximum Gasteiger partial charge on any atom is 0.128 e. The maximum atomic E-state index is 9.61. The number of aliphatic hydroxyl groups is 1. The highest BCUT2D eigenvalue weighted by atomic mass is 16.3. The average molecular weight is 350 g/mol. The lowest BCUT2D eigenvalue weighted by molar-refractivity contribution is 0.0792. The number of aliphatic hydroxyl groups excluding tert-OH is 1. The van der Waals surface area contributed by atoms with Crippen molar-refractivity contribution in [2.75, 3.05) is 18.4 Å². The molecule has 1 aliphatic heterocycles. The van der Waals surface area contributed by atoms with E-state index in [1.165, 1.54) is 5.56 Å². The van der Waals surface area contributed by atoms with Crippen LogP contribution in [0.5, 0.6) is 0 Å². The van der Waals surface area contributed by atoms with Crippen molar-refractivity contribution in [1.82, 2.24) is 14.5 Å². The van der Waals surface area contributed by atoms with E-state index in [0.717, 1.165) is 55.0 Å². The molecule has 0 radical (unpaired) electrons. The first-order chi connectivity index (χ1) is 12.7. The zero-order valence-electron chi connectivity index (χ0n) is 15.2. The molecular formula is C21H26N4O. The maximum absolute atomic E-state index is 9.61. The van der Waals surface area contributed by atoms with E-state index in [9.17, 15) is 5.11 Å². The summed E-state index contributed by atoms with van der Waals surface area (Å²) in [6.45, 7) is 3.62. The molecule has 5 nitrogen and oxygen atoms in total. The van der Waals surface area contributed by atoms with Gasteiger partial charge in [-0.05, 0) is 42.7 Å². The van der Waals surface area contributed by atoms with Crippen LogP contribution < -0.4 is 5.32 Å². The van der Waals surface area contributed by atoms with Crippen molar-refractivity contribution in [3.8, 4) is 0 Å². The van der Waals surface area contributed by atoms with E-state index < -0.39 is 0 Å². The summed E-state index contributed by atoms with van der Waals surface area (Å²) < 4.78 is 2.14. The summed E-state index contributed by atoms with van der Waals surface area (Å²) >= 11 is 0. The fourth-order valence-electron chi connectivity index (χ4n) is 3.60. The minimum Gasteiger partial charge on any atom is -0.393 e. The molecule has 2 heterocycles. The highest BCUT2D eigenvalue weighted by molar-refractivity contribution is 5.75. The Balaban J connectivity index is 1.36. The molecule has 3 aromatic rings. The quantitative estimate of drug-likeness (QED) is 0.742. The number of imidazole rings is 1. The van der Waals surface area contributed by atoms with Gasteiger partial charge in [0.05, 0.1) is 23.7 Å². The van der Waals surface area contributed by atoms with E-state index >= 15 is 0 Å². The van der Waals surface area contributed by atoms with Crippen LogP contribution in [-0.2, 0) is 20.1 Å². The lowest BCUT2D eigenvalue weighted by Crippen LogP contribution is -2.35. The standard InChI is InChI=1S/C21H26N4O/c1-24-20-5-3-2-4-19(20)23-21(24)14-22-17-8-6-16(7-9-17)15-25-12-10-18(26)11-13-25/h2-9,18,22,26H,10-15H2,1H3. The monoisotopic (exact) mass is 350 g/mol. The van der Waals surface area contributed by atoms with Crippen LogP contribution in [-0.4, -0.2) is 38.8 Å². The first-order valence-electron chi connectivity index (χ1n) is 9.32. The third-order valence-corrected chi connectivity index (χ3v) is 5.25. The summed E-state index contributed by atoms with van der Waals surface area (Å²) in [6, 6.07) is 16.9. The molecule has 0 saturated carbocycles. The lowest BCUT2D eigenvalue weighted by atomic mass is 10.1. The highest BCUT2D eigenvalue weighted by Gasteiger charge is 2.16. The van der Waals surface area contributed by atoms with E-state index in [0.29, 0.717) is 6.54 Å². The first kappa shape index (κ1) is 17.1. The summed E-state index contributed by atoms with van der Waals surface area (Å²) in [5, 5.41) is 13.1. The molecule has 0 bridgehead atoms. The van der Waals surface area contributed by atoms with E-state index in [2.05, 4.69) is 52.2 Å². The number of hydrogen-bond acceptors (Lipinski definition) is 4. The Labute approximate surface area is 154 Å². The molecule has 136 valence electrons. The predicted molar refractivity (Wildman–Crippen MR) is 105 cm³/mol. The molecule has 1 aliphatic rings. The van der Waals surface area contributed by atoms with Gasteiger partial charge in [-0.25, -0.2) is 4.98 Å². The zero-order chi connectivity index (χ0) is 17.9. The molecule has 5 heteroatoms. The molecule has 2 aromatic carbocycles. The van der Waals surface area contributed by atoms with Crippen molar-refractivity contribution in [2.45, 2.75) is 32.0 Å². The van der Waals surface area contributed by atoms with Gasteiger partial charge in [-0.2, -0.15) is 0 Å². The van der Waals surface area contributed by atoms with Crippen LogP contribution in [0.15, 0.2) is 48.5 Å². The fraction of sp³-hybridized carbons (Fsp3) is 0.381. The van der Waals surface area contributed by atoms with Gasteiger partial charge in [-0.15, -0.1) is 0 Å². The van der Waals surface area contributed by atoms with Gasteiger partial charge in [0.15, 0.2) is 0 Å². The normalized spacial score (nSPS) is 16.2. The Morgan fingerprint density at radius 2 is 1.81 bits per heavy atom. The smallest absolute Gasteiger partial charge is 0.128 e. The molecule has 0 amide bonds. The SMILES string of the molecule is Cn1c(CNc2ccc(CN3CCC(O)CC3)cc2)nc2ccccc21. The van der Waals surface area contributed by atoms with Crippen LogP contribution >= 0.6 is 0 Å². The van der Waals surface area contributed by atoms with E-state index in [4.69, 9.17) is 4.98 Å². The minimum atomic E-state index is -0.111. The molecule has 4 rings (SSSR count). The van der Waals surface area contributed by atoms with Crippen LogP contribution in [0.3, 0.4) is 0 Å². The number of piperidine rings is 1. The molecule has 1 saturated heterocycles. The zero-order valence-corrected chi connectivity index (χ0v) is 15.2. The van der Waals surface area contributed by atoms with Crippen molar-refractivity contribution in [1.29, 1.82) is 0 Å². The molecule has 2 N–H and O–H groups in total. The number of benzene rings is 2. The Morgan fingerprint density at radius 3 is 2.54 bits per heavy atom. The molecule has 1 fully saturated rings. The van der Waals surface area contributed by atoms with Crippen molar-refractivity contribution in [3.63, 3.8) is 0 Å². The second-order valence-electron chi connectivity index (χ2n) is 7.13. The van der Waals surface area contributed by atoms with Gasteiger partial charge in [0, 0.05) is 32.4 Å². The summed E-state index contributed by atoms with van der Waals surface area (Å²) in [5.74, 6) is 1.03.